The fourth-order valence-electron chi connectivity index (χ4n) is 0.791. The fourth-order valence-corrected chi connectivity index (χ4v) is 2.53. The van der Waals surface area contributed by atoms with E-state index in [1.165, 1.54) is 11.3 Å². The van der Waals surface area contributed by atoms with E-state index in [9.17, 15) is 4.79 Å². The Morgan fingerprint density at radius 1 is 1.85 bits per heavy atom. The normalized spacial score (nSPS) is 12.5. The largest absolute Gasteiger partial charge is 0.394 e. The van der Waals surface area contributed by atoms with Gasteiger partial charge in [0.1, 0.15) is 4.88 Å². The average molecular weight is 311 g/mol. The summed E-state index contributed by atoms with van der Waals surface area (Å²) in [4.78, 5) is 12.2. The van der Waals surface area contributed by atoms with E-state index in [0.29, 0.717) is 4.88 Å². The molecule has 3 nitrogen and oxygen atoms in total. The highest BCUT2D eigenvalue weighted by molar-refractivity contribution is 14.1. The highest BCUT2D eigenvalue weighted by Crippen LogP contribution is 2.18. The quantitative estimate of drug-likeness (QED) is 0.831. The van der Waals surface area contributed by atoms with Crippen LogP contribution in [0.1, 0.15) is 16.6 Å². The molecule has 1 aromatic rings. The molecule has 1 heterocycles. The first kappa shape index (κ1) is 10.9. The minimum atomic E-state index is -0.189. The van der Waals surface area contributed by atoms with Crippen LogP contribution in [0.3, 0.4) is 0 Å². The van der Waals surface area contributed by atoms with Gasteiger partial charge in [0.05, 0.1) is 6.61 Å². The van der Waals surface area contributed by atoms with E-state index in [2.05, 4.69) is 27.9 Å². The van der Waals surface area contributed by atoms with Crippen LogP contribution in [0, 0.1) is 3.57 Å². The molecule has 0 aliphatic carbocycles. The molecule has 1 amide bonds. The van der Waals surface area contributed by atoms with Gasteiger partial charge in [0.25, 0.3) is 5.91 Å². The number of carbonyl (C=O) groups is 1. The van der Waals surface area contributed by atoms with Gasteiger partial charge < -0.3 is 10.4 Å². The van der Waals surface area contributed by atoms with Crippen molar-refractivity contribution in [3.8, 4) is 0 Å². The van der Waals surface area contributed by atoms with Crippen LogP contribution < -0.4 is 5.32 Å². The summed E-state index contributed by atoms with van der Waals surface area (Å²) in [6.45, 7) is 1.73. The van der Waals surface area contributed by atoms with E-state index in [1.54, 1.807) is 6.92 Å². The van der Waals surface area contributed by atoms with Gasteiger partial charge in [-0.3, -0.25) is 4.79 Å². The first-order chi connectivity index (χ1) is 6.15. The first-order valence-corrected chi connectivity index (χ1v) is 5.75. The number of hydrogen-bond acceptors (Lipinski definition) is 3. The molecule has 72 valence electrons. The van der Waals surface area contributed by atoms with Crippen molar-refractivity contribution < 1.29 is 9.90 Å². The maximum atomic E-state index is 11.5. The predicted octanol–water partition coefficient (Wildman–Crippen LogP) is 1.46. The number of carbonyl (C=O) groups excluding carboxylic acids is 1. The van der Waals surface area contributed by atoms with Crippen molar-refractivity contribution in [2.75, 3.05) is 6.61 Å². The molecular weight excluding hydrogens is 301 g/mol. The number of aliphatic hydroxyl groups excluding tert-OH is 1. The molecule has 0 fully saturated rings. The Labute approximate surface area is 94.3 Å². The van der Waals surface area contributed by atoms with Gasteiger partial charge in [-0.05, 0) is 41.0 Å². The van der Waals surface area contributed by atoms with Crippen molar-refractivity contribution in [2.24, 2.45) is 0 Å². The molecule has 0 spiro atoms. The molecule has 0 radical (unpaired) electrons. The zero-order valence-corrected chi connectivity index (χ0v) is 10.1. The van der Waals surface area contributed by atoms with Gasteiger partial charge in [-0.15, -0.1) is 11.3 Å². The highest BCUT2D eigenvalue weighted by Gasteiger charge is 2.12. The lowest BCUT2D eigenvalue weighted by Crippen LogP contribution is -2.34. The Kier molecular flexibility index (Phi) is 4.14. The molecule has 5 heteroatoms. The summed E-state index contributed by atoms with van der Waals surface area (Å²) in [5, 5.41) is 13.3. The van der Waals surface area contributed by atoms with Gasteiger partial charge in [-0.2, -0.15) is 0 Å². The molecule has 1 atom stereocenters. The van der Waals surface area contributed by atoms with Gasteiger partial charge in [0.2, 0.25) is 0 Å². The summed E-state index contributed by atoms with van der Waals surface area (Å²) in [7, 11) is 0. The van der Waals surface area contributed by atoms with E-state index >= 15 is 0 Å². The summed E-state index contributed by atoms with van der Waals surface area (Å²) < 4.78 is 0.949. The molecule has 0 saturated carbocycles. The predicted molar refractivity (Wildman–Crippen MR) is 61.1 cm³/mol. The van der Waals surface area contributed by atoms with E-state index in [4.69, 9.17) is 5.11 Å². The van der Waals surface area contributed by atoms with Crippen molar-refractivity contribution in [1.29, 1.82) is 0 Å². The molecule has 1 aromatic heterocycles. The summed E-state index contributed by atoms with van der Waals surface area (Å²) in [6, 6.07) is 1.70. The first-order valence-electron chi connectivity index (χ1n) is 3.80. The maximum Gasteiger partial charge on any atom is 0.262 e. The topological polar surface area (TPSA) is 49.3 Å². The Balaban J connectivity index is 2.64. The second-order valence-corrected chi connectivity index (χ2v) is 4.73. The molecule has 0 aromatic carbocycles. The van der Waals surface area contributed by atoms with Crippen molar-refractivity contribution in [3.63, 3.8) is 0 Å². The maximum absolute atomic E-state index is 11.5. The van der Waals surface area contributed by atoms with Gasteiger partial charge in [0, 0.05) is 9.61 Å². The molecule has 0 saturated heterocycles. The van der Waals surface area contributed by atoms with Crippen molar-refractivity contribution in [3.05, 3.63) is 19.9 Å². The smallest absolute Gasteiger partial charge is 0.262 e. The molecule has 0 aliphatic heterocycles. The zero-order valence-electron chi connectivity index (χ0n) is 7.08. The molecule has 0 aliphatic rings. The van der Waals surface area contributed by atoms with Crippen LogP contribution in [0.5, 0.6) is 0 Å². The van der Waals surface area contributed by atoms with Gasteiger partial charge in [0.15, 0.2) is 0 Å². The number of aliphatic hydroxyl groups is 1. The lowest BCUT2D eigenvalue weighted by Gasteiger charge is -2.09. The second-order valence-electron chi connectivity index (χ2n) is 2.65. The highest BCUT2D eigenvalue weighted by atomic mass is 127. The number of nitrogens with one attached hydrogen (secondary N) is 1. The van der Waals surface area contributed by atoms with Crippen LogP contribution in [0.4, 0.5) is 0 Å². The molecule has 2 N–H and O–H groups in total. The monoisotopic (exact) mass is 311 g/mol. The van der Waals surface area contributed by atoms with Crippen LogP contribution >= 0.6 is 33.9 Å². The number of thiophene rings is 1. The third-order valence-electron chi connectivity index (χ3n) is 1.47. The summed E-state index contributed by atoms with van der Waals surface area (Å²) in [6.07, 6.45) is 0. The summed E-state index contributed by atoms with van der Waals surface area (Å²) in [5.74, 6) is -0.110. The van der Waals surface area contributed by atoms with Gasteiger partial charge >= 0.3 is 0 Å². The Morgan fingerprint density at radius 2 is 2.54 bits per heavy atom. The van der Waals surface area contributed by atoms with Crippen molar-refractivity contribution in [1.82, 2.24) is 5.32 Å². The van der Waals surface area contributed by atoms with Gasteiger partial charge in [-0.25, -0.2) is 0 Å². The third kappa shape index (κ3) is 2.92. The van der Waals surface area contributed by atoms with Crippen LogP contribution in [-0.4, -0.2) is 23.7 Å². The molecule has 0 bridgehead atoms. The van der Waals surface area contributed by atoms with E-state index < -0.39 is 0 Å². The van der Waals surface area contributed by atoms with Gasteiger partial charge in [-0.1, -0.05) is 0 Å². The lowest BCUT2D eigenvalue weighted by atomic mass is 10.3. The molecule has 0 unspecified atom stereocenters. The Morgan fingerprint density at radius 3 is 3.00 bits per heavy atom. The van der Waals surface area contributed by atoms with Crippen molar-refractivity contribution >= 4 is 39.8 Å². The van der Waals surface area contributed by atoms with Crippen LogP contribution in [-0.2, 0) is 0 Å². The fraction of sp³-hybridized carbons (Fsp3) is 0.375. The van der Waals surface area contributed by atoms with E-state index in [-0.39, 0.29) is 18.6 Å². The minimum Gasteiger partial charge on any atom is -0.394 e. The van der Waals surface area contributed by atoms with Crippen LogP contribution in [0.15, 0.2) is 11.4 Å². The van der Waals surface area contributed by atoms with E-state index in [0.717, 1.165) is 3.57 Å². The number of rotatable bonds is 3. The lowest BCUT2D eigenvalue weighted by molar-refractivity contribution is 0.0925. The zero-order chi connectivity index (χ0) is 9.84. The van der Waals surface area contributed by atoms with E-state index in [1.807, 2.05) is 11.4 Å². The Bertz CT molecular complexity index is 300. The summed E-state index contributed by atoms with van der Waals surface area (Å²) >= 11 is 3.53. The molecular formula is C8H10INO2S. The number of amides is 1. The summed E-state index contributed by atoms with van der Waals surface area (Å²) in [5.41, 5.74) is 0. The average Bonchev–Trinajstić information content (AvgIpc) is 2.51. The van der Waals surface area contributed by atoms with Crippen LogP contribution in [0.25, 0.3) is 0 Å². The third-order valence-corrected chi connectivity index (χ3v) is 3.65. The number of hydrogen-bond donors (Lipinski definition) is 2. The molecule has 13 heavy (non-hydrogen) atoms. The SMILES string of the molecule is C[C@H](CO)NC(=O)c1sccc1I. The Hall–Kier alpha value is -0.140. The van der Waals surface area contributed by atoms with Crippen molar-refractivity contribution in [2.45, 2.75) is 13.0 Å². The number of halogens is 1. The molecule has 1 rings (SSSR count). The van der Waals surface area contributed by atoms with Crippen LogP contribution in [0.2, 0.25) is 0 Å². The minimum absolute atomic E-state index is 0.0340. The second kappa shape index (κ2) is 4.92. The standard InChI is InChI=1S/C8H10INO2S/c1-5(4-11)10-8(12)7-6(9)2-3-13-7/h2-3,5,11H,4H2,1H3,(H,10,12)/t5-/m1/s1.